The Balaban J connectivity index is 2.69. The minimum atomic E-state index is -0.114. The largest absolute Gasteiger partial charge is 0.331 e. The summed E-state index contributed by atoms with van der Waals surface area (Å²) in [7, 11) is 5.32. The number of hydrogen-bond acceptors (Lipinski definition) is 2. The SMILES string of the molecule is CNCc1cccc(NC(=O)N(C)C)c1. The van der Waals surface area contributed by atoms with Gasteiger partial charge in [0.15, 0.2) is 0 Å². The van der Waals surface area contributed by atoms with E-state index in [2.05, 4.69) is 10.6 Å². The second kappa shape index (κ2) is 5.36. The number of anilines is 1. The minimum Gasteiger partial charge on any atom is -0.331 e. The first-order valence-corrected chi connectivity index (χ1v) is 4.85. The van der Waals surface area contributed by atoms with Crippen LogP contribution in [0.3, 0.4) is 0 Å². The Morgan fingerprint density at radius 3 is 2.73 bits per heavy atom. The molecule has 0 aliphatic carbocycles. The molecule has 2 amide bonds. The third-order valence-corrected chi connectivity index (χ3v) is 1.97. The Hall–Kier alpha value is -1.55. The van der Waals surface area contributed by atoms with Gasteiger partial charge in [-0.05, 0) is 24.7 Å². The summed E-state index contributed by atoms with van der Waals surface area (Å²) in [5.41, 5.74) is 1.97. The van der Waals surface area contributed by atoms with Crippen LogP contribution in [0, 0.1) is 0 Å². The fraction of sp³-hybridized carbons (Fsp3) is 0.364. The number of carbonyl (C=O) groups is 1. The normalized spacial score (nSPS) is 9.80. The lowest BCUT2D eigenvalue weighted by Gasteiger charge is -2.12. The molecule has 0 saturated heterocycles. The molecule has 1 aromatic rings. The van der Waals surface area contributed by atoms with Crippen LogP contribution in [0.5, 0.6) is 0 Å². The Labute approximate surface area is 90.3 Å². The number of rotatable bonds is 3. The second-order valence-corrected chi connectivity index (χ2v) is 3.56. The number of nitrogens with zero attached hydrogens (tertiary/aromatic N) is 1. The number of carbonyl (C=O) groups excluding carboxylic acids is 1. The van der Waals surface area contributed by atoms with E-state index < -0.39 is 0 Å². The molecule has 0 radical (unpaired) electrons. The molecule has 0 bridgehead atoms. The molecule has 4 heteroatoms. The summed E-state index contributed by atoms with van der Waals surface area (Å²) in [6.07, 6.45) is 0. The molecule has 0 heterocycles. The number of hydrogen-bond donors (Lipinski definition) is 2. The van der Waals surface area contributed by atoms with Crippen molar-refractivity contribution in [1.82, 2.24) is 10.2 Å². The predicted molar refractivity (Wildman–Crippen MR) is 61.9 cm³/mol. The zero-order valence-electron chi connectivity index (χ0n) is 9.37. The Morgan fingerprint density at radius 2 is 2.13 bits per heavy atom. The molecule has 1 rings (SSSR count). The Morgan fingerprint density at radius 1 is 1.40 bits per heavy atom. The molecule has 0 atom stereocenters. The number of benzene rings is 1. The first kappa shape index (κ1) is 11.5. The summed E-state index contributed by atoms with van der Waals surface area (Å²) in [6, 6.07) is 7.66. The molecule has 82 valence electrons. The topological polar surface area (TPSA) is 44.4 Å². The van der Waals surface area contributed by atoms with E-state index in [4.69, 9.17) is 0 Å². The highest BCUT2D eigenvalue weighted by molar-refractivity contribution is 5.88. The van der Waals surface area contributed by atoms with Gasteiger partial charge in [-0.2, -0.15) is 0 Å². The van der Waals surface area contributed by atoms with Crippen LogP contribution < -0.4 is 10.6 Å². The maximum Gasteiger partial charge on any atom is 0.321 e. The second-order valence-electron chi connectivity index (χ2n) is 3.56. The highest BCUT2D eigenvalue weighted by Crippen LogP contribution is 2.10. The minimum absolute atomic E-state index is 0.114. The van der Waals surface area contributed by atoms with Crippen LogP contribution in [0.15, 0.2) is 24.3 Å². The van der Waals surface area contributed by atoms with E-state index in [9.17, 15) is 4.79 Å². The molecule has 2 N–H and O–H groups in total. The van der Waals surface area contributed by atoms with Gasteiger partial charge in [0.05, 0.1) is 0 Å². The van der Waals surface area contributed by atoms with Crippen LogP contribution in [0.4, 0.5) is 10.5 Å². The van der Waals surface area contributed by atoms with Crippen molar-refractivity contribution < 1.29 is 4.79 Å². The quantitative estimate of drug-likeness (QED) is 0.789. The van der Waals surface area contributed by atoms with Gasteiger partial charge in [0.25, 0.3) is 0 Å². The highest BCUT2D eigenvalue weighted by atomic mass is 16.2. The molecular formula is C11H17N3O. The standard InChI is InChI=1S/C11H17N3O/c1-12-8-9-5-4-6-10(7-9)13-11(15)14(2)3/h4-7,12H,8H2,1-3H3,(H,13,15). The summed E-state index contributed by atoms with van der Waals surface area (Å²) in [4.78, 5) is 12.9. The number of amides is 2. The summed E-state index contributed by atoms with van der Waals surface area (Å²) in [5, 5.41) is 5.86. The van der Waals surface area contributed by atoms with E-state index >= 15 is 0 Å². The van der Waals surface area contributed by atoms with Crippen LogP contribution >= 0.6 is 0 Å². The van der Waals surface area contributed by atoms with Gasteiger partial charge in [0, 0.05) is 26.3 Å². The van der Waals surface area contributed by atoms with Crippen molar-refractivity contribution in [3.8, 4) is 0 Å². The van der Waals surface area contributed by atoms with Gasteiger partial charge in [-0.1, -0.05) is 12.1 Å². The van der Waals surface area contributed by atoms with Gasteiger partial charge in [0.2, 0.25) is 0 Å². The molecular weight excluding hydrogens is 190 g/mol. The van der Waals surface area contributed by atoms with E-state index in [1.165, 1.54) is 4.90 Å². The third kappa shape index (κ3) is 3.59. The van der Waals surface area contributed by atoms with E-state index in [1.807, 2.05) is 31.3 Å². The van der Waals surface area contributed by atoms with Crippen molar-refractivity contribution in [2.45, 2.75) is 6.54 Å². The average Bonchev–Trinajstić information content (AvgIpc) is 2.18. The van der Waals surface area contributed by atoms with Crippen LogP contribution in [0.1, 0.15) is 5.56 Å². The molecule has 0 saturated carbocycles. The van der Waals surface area contributed by atoms with Gasteiger partial charge < -0.3 is 15.5 Å². The van der Waals surface area contributed by atoms with Crippen LogP contribution in [0.25, 0.3) is 0 Å². The molecule has 0 fully saturated rings. The van der Waals surface area contributed by atoms with Gasteiger partial charge in [-0.25, -0.2) is 4.79 Å². The molecule has 0 unspecified atom stereocenters. The van der Waals surface area contributed by atoms with E-state index in [-0.39, 0.29) is 6.03 Å². The van der Waals surface area contributed by atoms with E-state index in [0.29, 0.717) is 0 Å². The zero-order chi connectivity index (χ0) is 11.3. The van der Waals surface area contributed by atoms with Gasteiger partial charge in [-0.15, -0.1) is 0 Å². The van der Waals surface area contributed by atoms with Crippen molar-refractivity contribution in [3.63, 3.8) is 0 Å². The molecule has 0 aliphatic heterocycles. The Kier molecular flexibility index (Phi) is 4.12. The van der Waals surface area contributed by atoms with Gasteiger partial charge in [0.1, 0.15) is 0 Å². The monoisotopic (exact) mass is 207 g/mol. The number of urea groups is 1. The molecule has 15 heavy (non-hydrogen) atoms. The molecule has 0 aromatic heterocycles. The summed E-state index contributed by atoms with van der Waals surface area (Å²) in [5.74, 6) is 0. The van der Waals surface area contributed by atoms with Crippen LogP contribution in [-0.2, 0) is 6.54 Å². The van der Waals surface area contributed by atoms with Crippen molar-refractivity contribution in [2.24, 2.45) is 0 Å². The average molecular weight is 207 g/mol. The van der Waals surface area contributed by atoms with Crippen molar-refractivity contribution >= 4 is 11.7 Å². The van der Waals surface area contributed by atoms with E-state index in [1.54, 1.807) is 14.1 Å². The van der Waals surface area contributed by atoms with Crippen molar-refractivity contribution in [2.75, 3.05) is 26.5 Å². The molecule has 1 aromatic carbocycles. The number of nitrogens with one attached hydrogen (secondary N) is 2. The molecule has 0 aliphatic rings. The summed E-state index contributed by atoms with van der Waals surface area (Å²) in [6.45, 7) is 0.797. The Bertz CT molecular complexity index is 336. The lowest BCUT2D eigenvalue weighted by atomic mass is 10.2. The van der Waals surface area contributed by atoms with Crippen LogP contribution in [0.2, 0.25) is 0 Å². The van der Waals surface area contributed by atoms with Crippen LogP contribution in [-0.4, -0.2) is 32.1 Å². The maximum atomic E-state index is 11.4. The van der Waals surface area contributed by atoms with Gasteiger partial charge >= 0.3 is 6.03 Å². The lowest BCUT2D eigenvalue weighted by molar-refractivity contribution is 0.230. The smallest absolute Gasteiger partial charge is 0.321 e. The first-order valence-electron chi connectivity index (χ1n) is 4.85. The fourth-order valence-electron chi connectivity index (χ4n) is 1.20. The first-order chi connectivity index (χ1) is 7.13. The maximum absolute atomic E-state index is 11.4. The zero-order valence-corrected chi connectivity index (χ0v) is 9.37. The van der Waals surface area contributed by atoms with Gasteiger partial charge in [-0.3, -0.25) is 0 Å². The molecule has 4 nitrogen and oxygen atoms in total. The summed E-state index contributed by atoms with van der Waals surface area (Å²) >= 11 is 0. The highest BCUT2D eigenvalue weighted by Gasteiger charge is 2.03. The van der Waals surface area contributed by atoms with Crippen molar-refractivity contribution in [3.05, 3.63) is 29.8 Å². The predicted octanol–water partition coefficient (Wildman–Crippen LogP) is 1.50. The fourth-order valence-corrected chi connectivity index (χ4v) is 1.20. The van der Waals surface area contributed by atoms with Crippen molar-refractivity contribution in [1.29, 1.82) is 0 Å². The summed E-state index contributed by atoms with van der Waals surface area (Å²) < 4.78 is 0. The lowest BCUT2D eigenvalue weighted by Crippen LogP contribution is -2.27. The molecule has 0 spiro atoms. The third-order valence-electron chi connectivity index (χ3n) is 1.97. The van der Waals surface area contributed by atoms with E-state index in [0.717, 1.165) is 17.8 Å².